The summed E-state index contributed by atoms with van der Waals surface area (Å²) in [4.78, 5) is 15.5. The molecule has 0 bridgehead atoms. The number of thiazole rings is 1. The lowest BCUT2D eigenvalue weighted by Crippen LogP contribution is -2.31. The van der Waals surface area contributed by atoms with E-state index in [1.807, 2.05) is 30.5 Å². The highest BCUT2D eigenvalue weighted by Crippen LogP contribution is 2.29. The van der Waals surface area contributed by atoms with Gasteiger partial charge in [-0.2, -0.15) is 0 Å². The van der Waals surface area contributed by atoms with Crippen molar-refractivity contribution in [2.75, 3.05) is 12.4 Å². The first-order chi connectivity index (χ1) is 9.62. The summed E-state index contributed by atoms with van der Waals surface area (Å²) in [6.45, 7) is 2.00. The zero-order chi connectivity index (χ0) is 14.5. The van der Waals surface area contributed by atoms with Gasteiger partial charge in [-0.25, -0.2) is 10.8 Å². The van der Waals surface area contributed by atoms with Gasteiger partial charge in [0.15, 0.2) is 5.13 Å². The van der Waals surface area contributed by atoms with Crippen LogP contribution < -0.4 is 21.3 Å². The van der Waals surface area contributed by atoms with Crippen LogP contribution in [0, 0.1) is 6.92 Å². The minimum Gasteiger partial charge on any atom is -0.495 e. The first kappa shape index (κ1) is 14.3. The molecule has 0 aliphatic heterocycles. The highest BCUT2D eigenvalue weighted by atomic mass is 32.1. The van der Waals surface area contributed by atoms with Crippen LogP contribution in [0.2, 0.25) is 0 Å². The molecule has 2 aromatic rings. The standard InChI is InChI=1S/C13H16N4O2S/c1-8-3-4-11(19-2)10(5-8)16-13-15-9(7-20-13)6-12(18)17-14/h3-5,7H,6,14H2,1-2H3,(H,15,16)(H,17,18). The van der Waals surface area contributed by atoms with Crippen molar-refractivity contribution in [3.8, 4) is 5.75 Å². The molecule has 7 heteroatoms. The first-order valence-corrected chi connectivity index (χ1v) is 6.86. The van der Waals surface area contributed by atoms with E-state index < -0.39 is 0 Å². The maximum absolute atomic E-state index is 11.2. The molecule has 0 aliphatic carbocycles. The van der Waals surface area contributed by atoms with E-state index in [2.05, 4.69) is 15.7 Å². The minimum absolute atomic E-state index is 0.166. The molecule has 1 aromatic carbocycles. The minimum atomic E-state index is -0.269. The summed E-state index contributed by atoms with van der Waals surface area (Å²) >= 11 is 1.42. The van der Waals surface area contributed by atoms with Gasteiger partial charge in [0.2, 0.25) is 5.91 Å². The molecule has 0 saturated heterocycles. The van der Waals surface area contributed by atoms with E-state index in [4.69, 9.17) is 10.6 Å². The summed E-state index contributed by atoms with van der Waals surface area (Å²) in [6.07, 6.45) is 0.166. The van der Waals surface area contributed by atoms with Crippen LogP contribution in [-0.4, -0.2) is 18.0 Å². The van der Waals surface area contributed by atoms with Gasteiger partial charge in [0.1, 0.15) is 5.75 Å². The Bertz CT molecular complexity index is 612. The number of carbonyl (C=O) groups excluding carboxylic acids is 1. The zero-order valence-corrected chi connectivity index (χ0v) is 12.1. The van der Waals surface area contributed by atoms with E-state index in [-0.39, 0.29) is 12.3 Å². The molecule has 0 radical (unpaired) electrons. The quantitative estimate of drug-likeness (QED) is 0.444. The van der Waals surface area contributed by atoms with Gasteiger partial charge in [0.05, 0.1) is 24.9 Å². The SMILES string of the molecule is COc1ccc(C)cc1Nc1nc(CC(=O)NN)cs1. The summed E-state index contributed by atoms with van der Waals surface area (Å²) in [5.41, 5.74) is 4.72. The molecule has 0 unspecified atom stereocenters. The fraction of sp³-hybridized carbons (Fsp3) is 0.231. The highest BCUT2D eigenvalue weighted by Gasteiger charge is 2.09. The van der Waals surface area contributed by atoms with E-state index in [1.165, 1.54) is 11.3 Å². The Morgan fingerprint density at radius 2 is 2.30 bits per heavy atom. The van der Waals surface area contributed by atoms with Gasteiger partial charge in [-0.3, -0.25) is 10.2 Å². The van der Waals surface area contributed by atoms with Crippen LogP contribution in [-0.2, 0) is 11.2 Å². The number of hydrazine groups is 1. The third-order valence-corrected chi connectivity index (χ3v) is 3.46. The number of benzene rings is 1. The fourth-order valence-electron chi connectivity index (χ4n) is 1.70. The number of rotatable bonds is 5. The molecule has 2 rings (SSSR count). The summed E-state index contributed by atoms with van der Waals surface area (Å²) in [6, 6.07) is 5.85. The number of nitrogens with one attached hydrogen (secondary N) is 2. The molecule has 4 N–H and O–H groups in total. The maximum atomic E-state index is 11.2. The largest absolute Gasteiger partial charge is 0.495 e. The Labute approximate surface area is 120 Å². The lowest BCUT2D eigenvalue weighted by Gasteiger charge is -2.09. The van der Waals surface area contributed by atoms with Crippen molar-refractivity contribution in [3.05, 3.63) is 34.8 Å². The molecule has 0 aliphatic rings. The van der Waals surface area contributed by atoms with Crippen LogP contribution in [0.15, 0.2) is 23.6 Å². The van der Waals surface area contributed by atoms with Gasteiger partial charge in [0, 0.05) is 5.38 Å². The summed E-state index contributed by atoms with van der Waals surface area (Å²) in [7, 11) is 1.62. The molecule has 1 heterocycles. The van der Waals surface area contributed by atoms with Gasteiger partial charge < -0.3 is 10.1 Å². The molecular formula is C13H16N4O2S. The number of hydrogen-bond acceptors (Lipinski definition) is 6. The molecule has 0 saturated carbocycles. The maximum Gasteiger partial charge on any atom is 0.239 e. The summed E-state index contributed by atoms with van der Waals surface area (Å²) < 4.78 is 5.30. The van der Waals surface area contributed by atoms with Crippen LogP contribution in [0.3, 0.4) is 0 Å². The summed E-state index contributed by atoms with van der Waals surface area (Å²) in [5.74, 6) is 5.52. The van der Waals surface area contributed by atoms with Crippen molar-refractivity contribution in [2.24, 2.45) is 5.84 Å². The second-order valence-electron chi connectivity index (χ2n) is 4.22. The number of anilines is 2. The molecule has 6 nitrogen and oxygen atoms in total. The molecule has 20 heavy (non-hydrogen) atoms. The molecule has 1 amide bonds. The van der Waals surface area contributed by atoms with E-state index in [1.54, 1.807) is 7.11 Å². The van der Waals surface area contributed by atoms with E-state index >= 15 is 0 Å². The number of nitrogens with zero attached hydrogens (tertiary/aromatic N) is 1. The summed E-state index contributed by atoms with van der Waals surface area (Å²) in [5, 5.41) is 5.72. The van der Waals surface area contributed by atoms with Crippen molar-refractivity contribution in [3.63, 3.8) is 0 Å². The second-order valence-corrected chi connectivity index (χ2v) is 5.08. The Morgan fingerprint density at radius 1 is 1.50 bits per heavy atom. The number of carbonyl (C=O) groups is 1. The van der Waals surface area contributed by atoms with Crippen molar-refractivity contribution in [1.82, 2.24) is 10.4 Å². The van der Waals surface area contributed by atoms with Crippen molar-refractivity contribution >= 4 is 28.1 Å². The Morgan fingerprint density at radius 3 is 3.00 bits per heavy atom. The average molecular weight is 292 g/mol. The second kappa shape index (κ2) is 6.36. The first-order valence-electron chi connectivity index (χ1n) is 5.98. The highest BCUT2D eigenvalue weighted by molar-refractivity contribution is 7.13. The lowest BCUT2D eigenvalue weighted by molar-refractivity contribution is -0.120. The van der Waals surface area contributed by atoms with Gasteiger partial charge in [-0.05, 0) is 24.6 Å². The Hall–Kier alpha value is -2.12. The Kier molecular flexibility index (Phi) is 4.54. The van der Waals surface area contributed by atoms with Gasteiger partial charge in [-0.1, -0.05) is 6.07 Å². The molecular weight excluding hydrogens is 276 g/mol. The molecule has 0 spiro atoms. The van der Waals surface area contributed by atoms with Crippen LogP contribution in [0.4, 0.5) is 10.8 Å². The number of methoxy groups -OCH3 is 1. The van der Waals surface area contributed by atoms with E-state index in [9.17, 15) is 4.79 Å². The average Bonchev–Trinajstić information content (AvgIpc) is 2.86. The number of aryl methyl sites for hydroxylation is 1. The monoisotopic (exact) mass is 292 g/mol. The number of ether oxygens (including phenoxy) is 1. The van der Waals surface area contributed by atoms with Crippen LogP contribution in [0.1, 0.15) is 11.3 Å². The number of amides is 1. The normalized spacial score (nSPS) is 10.2. The smallest absolute Gasteiger partial charge is 0.239 e. The molecule has 0 fully saturated rings. The predicted molar refractivity (Wildman–Crippen MR) is 79.2 cm³/mol. The molecule has 1 aromatic heterocycles. The molecule has 0 atom stereocenters. The number of hydrogen-bond donors (Lipinski definition) is 3. The zero-order valence-electron chi connectivity index (χ0n) is 11.3. The Balaban J connectivity index is 2.14. The van der Waals surface area contributed by atoms with E-state index in [0.717, 1.165) is 17.0 Å². The third-order valence-electron chi connectivity index (χ3n) is 2.65. The van der Waals surface area contributed by atoms with Crippen molar-refractivity contribution < 1.29 is 9.53 Å². The third kappa shape index (κ3) is 3.46. The van der Waals surface area contributed by atoms with Gasteiger partial charge in [-0.15, -0.1) is 11.3 Å². The lowest BCUT2D eigenvalue weighted by atomic mass is 10.2. The van der Waals surface area contributed by atoms with Crippen molar-refractivity contribution in [2.45, 2.75) is 13.3 Å². The van der Waals surface area contributed by atoms with Gasteiger partial charge >= 0.3 is 0 Å². The molecule has 106 valence electrons. The van der Waals surface area contributed by atoms with Crippen molar-refractivity contribution in [1.29, 1.82) is 0 Å². The van der Waals surface area contributed by atoms with Crippen LogP contribution in [0.25, 0.3) is 0 Å². The predicted octanol–water partition coefficient (Wildman–Crippen LogP) is 1.74. The number of nitrogens with two attached hydrogens (primary N) is 1. The number of aromatic nitrogens is 1. The van der Waals surface area contributed by atoms with E-state index in [0.29, 0.717) is 10.8 Å². The van der Waals surface area contributed by atoms with Crippen LogP contribution in [0.5, 0.6) is 5.75 Å². The topological polar surface area (TPSA) is 89.3 Å². The van der Waals surface area contributed by atoms with Gasteiger partial charge in [0.25, 0.3) is 0 Å². The van der Waals surface area contributed by atoms with Crippen LogP contribution >= 0.6 is 11.3 Å². The fourth-order valence-corrected chi connectivity index (χ4v) is 2.42.